The van der Waals surface area contributed by atoms with Gasteiger partial charge in [0.2, 0.25) is 0 Å². The van der Waals surface area contributed by atoms with E-state index in [0.29, 0.717) is 5.75 Å². The van der Waals surface area contributed by atoms with Gasteiger partial charge in [-0.05, 0) is 0 Å². The van der Waals surface area contributed by atoms with Crippen LogP contribution in [0.3, 0.4) is 0 Å². The molecule has 0 aliphatic heterocycles. The molecule has 0 N–H and O–H groups in total. The van der Waals surface area contributed by atoms with Crippen LogP contribution in [-0.4, -0.2) is 19.5 Å². The Morgan fingerprint density at radius 1 is 1.00 bits per heavy atom. The summed E-state index contributed by atoms with van der Waals surface area (Å²) in [6.45, 7) is 0.197. The van der Waals surface area contributed by atoms with Crippen molar-refractivity contribution in [2.45, 2.75) is 6.54 Å². The molecule has 1 aromatic rings. The molecule has 0 unspecified atom stereocenters. The second-order valence-corrected chi connectivity index (χ2v) is 3.29. The van der Waals surface area contributed by atoms with Gasteiger partial charge in [-0.1, -0.05) is 0 Å². The predicted octanol–water partition coefficient (Wildman–Crippen LogP) is -1.82. The molecular weight excluding hydrogens is 206 g/mol. The average Bonchev–Trinajstić information content (AvgIpc) is 2.19. The van der Waals surface area contributed by atoms with E-state index in [1.165, 1.54) is 14.1 Å². The van der Waals surface area contributed by atoms with Crippen molar-refractivity contribution in [3.63, 3.8) is 0 Å². The maximum Gasteiger partial charge on any atom is 0.336 e. The fourth-order valence-corrected chi connectivity index (χ4v) is 1.32. The van der Waals surface area contributed by atoms with Crippen LogP contribution in [0.25, 0.3) is 0 Å². The molecule has 14 heavy (non-hydrogen) atoms. The van der Waals surface area contributed by atoms with Gasteiger partial charge in [0, 0.05) is 26.4 Å². The Labute approximate surface area is 84.8 Å². The van der Waals surface area contributed by atoms with Crippen molar-refractivity contribution in [2.75, 3.05) is 5.75 Å². The quantitative estimate of drug-likeness (QED) is 0.593. The molecule has 6 nitrogen and oxygen atoms in total. The Morgan fingerprint density at radius 3 is 1.79 bits per heavy atom. The van der Waals surface area contributed by atoms with Gasteiger partial charge >= 0.3 is 17.1 Å². The number of rotatable bonds is 2. The van der Waals surface area contributed by atoms with Crippen LogP contribution in [0.4, 0.5) is 0 Å². The normalized spacial score (nSPS) is 10.5. The zero-order valence-corrected chi connectivity index (χ0v) is 8.82. The van der Waals surface area contributed by atoms with Crippen molar-refractivity contribution >= 4 is 12.6 Å². The summed E-state index contributed by atoms with van der Waals surface area (Å²) < 4.78 is 2.77. The zero-order valence-electron chi connectivity index (χ0n) is 7.93. The van der Waals surface area contributed by atoms with Crippen LogP contribution in [0.5, 0.6) is 0 Å². The standard InChI is InChI=1S/C7H11N3O3S/c1-8-5(11)9(2)7(13)10(3-4-14)6(8)12/h14H,3-4H2,1-2H3. The first-order valence-corrected chi connectivity index (χ1v) is 4.61. The van der Waals surface area contributed by atoms with Gasteiger partial charge in [0.1, 0.15) is 0 Å². The van der Waals surface area contributed by atoms with Crippen molar-refractivity contribution in [3.8, 4) is 0 Å². The van der Waals surface area contributed by atoms with Crippen molar-refractivity contribution in [2.24, 2.45) is 14.1 Å². The fourth-order valence-electron chi connectivity index (χ4n) is 1.12. The summed E-state index contributed by atoms with van der Waals surface area (Å²) in [4.78, 5) is 34.1. The van der Waals surface area contributed by atoms with E-state index < -0.39 is 17.1 Å². The van der Waals surface area contributed by atoms with Gasteiger partial charge in [-0.15, -0.1) is 0 Å². The molecule has 1 rings (SSSR count). The average molecular weight is 217 g/mol. The second kappa shape index (κ2) is 3.87. The molecule has 7 heteroatoms. The minimum absolute atomic E-state index is 0.197. The number of nitrogens with zero attached hydrogens (tertiary/aromatic N) is 3. The van der Waals surface area contributed by atoms with Gasteiger partial charge in [-0.25, -0.2) is 28.1 Å². The van der Waals surface area contributed by atoms with Crippen LogP contribution in [0.15, 0.2) is 14.4 Å². The van der Waals surface area contributed by atoms with Crippen LogP contribution in [-0.2, 0) is 20.6 Å². The summed E-state index contributed by atoms with van der Waals surface area (Å²) in [6.07, 6.45) is 0. The Morgan fingerprint density at radius 2 is 1.43 bits per heavy atom. The molecule has 0 aliphatic rings. The largest absolute Gasteiger partial charge is 0.336 e. The highest BCUT2D eigenvalue weighted by molar-refractivity contribution is 7.80. The molecular formula is C7H11N3O3S. The molecule has 0 radical (unpaired) electrons. The van der Waals surface area contributed by atoms with E-state index in [1.807, 2.05) is 0 Å². The molecule has 0 fully saturated rings. The second-order valence-electron chi connectivity index (χ2n) is 2.84. The maximum atomic E-state index is 11.4. The highest BCUT2D eigenvalue weighted by atomic mass is 32.1. The third kappa shape index (κ3) is 1.54. The number of hydrogen-bond acceptors (Lipinski definition) is 4. The van der Waals surface area contributed by atoms with Crippen LogP contribution in [0.1, 0.15) is 0 Å². The van der Waals surface area contributed by atoms with Gasteiger partial charge in [-0.2, -0.15) is 12.6 Å². The Hall–Kier alpha value is -1.24. The van der Waals surface area contributed by atoms with Gasteiger partial charge < -0.3 is 0 Å². The highest BCUT2D eigenvalue weighted by Gasteiger charge is 2.08. The first-order valence-electron chi connectivity index (χ1n) is 3.98. The minimum Gasteiger partial charge on any atom is -0.248 e. The molecule has 0 amide bonds. The van der Waals surface area contributed by atoms with Gasteiger partial charge in [0.15, 0.2) is 0 Å². The lowest BCUT2D eigenvalue weighted by Gasteiger charge is -2.06. The van der Waals surface area contributed by atoms with Crippen molar-refractivity contribution in [3.05, 3.63) is 31.5 Å². The van der Waals surface area contributed by atoms with Gasteiger partial charge in [-0.3, -0.25) is 0 Å². The molecule has 78 valence electrons. The lowest BCUT2D eigenvalue weighted by atomic mass is 10.7. The third-order valence-electron chi connectivity index (χ3n) is 1.93. The van der Waals surface area contributed by atoms with E-state index >= 15 is 0 Å². The number of thiol groups is 1. The van der Waals surface area contributed by atoms with Crippen molar-refractivity contribution in [1.82, 2.24) is 13.7 Å². The lowest BCUT2D eigenvalue weighted by Crippen LogP contribution is -2.52. The van der Waals surface area contributed by atoms with E-state index in [-0.39, 0.29) is 6.54 Å². The monoisotopic (exact) mass is 217 g/mol. The topological polar surface area (TPSA) is 66.0 Å². The molecule has 0 spiro atoms. The maximum absolute atomic E-state index is 11.4. The van der Waals surface area contributed by atoms with E-state index in [1.54, 1.807) is 0 Å². The summed E-state index contributed by atoms with van der Waals surface area (Å²) >= 11 is 3.93. The first-order chi connectivity index (χ1) is 6.50. The van der Waals surface area contributed by atoms with Crippen LogP contribution in [0.2, 0.25) is 0 Å². The van der Waals surface area contributed by atoms with E-state index in [4.69, 9.17) is 0 Å². The van der Waals surface area contributed by atoms with E-state index in [0.717, 1.165) is 13.7 Å². The highest BCUT2D eigenvalue weighted by Crippen LogP contribution is 1.75. The van der Waals surface area contributed by atoms with Crippen LogP contribution < -0.4 is 17.1 Å². The Balaban J connectivity index is 3.70. The molecule has 0 atom stereocenters. The number of hydrogen-bond donors (Lipinski definition) is 1. The van der Waals surface area contributed by atoms with Crippen LogP contribution in [0, 0.1) is 0 Å². The van der Waals surface area contributed by atoms with Gasteiger partial charge in [0.05, 0.1) is 0 Å². The molecule has 1 aromatic heterocycles. The molecule has 0 bridgehead atoms. The summed E-state index contributed by atoms with van der Waals surface area (Å²) in [6, 6.07) is 0. The van der Waals surface area contributed by atoms with E-state index in [2.05, 4.69) is 12.6 Å². The third-order valence-corrected chi connectivity index (χ3v) is 2.13. The molecule has 0 aromatic carbocycles. The molecule has 0 saturated heterocycles. The molecule has 0 aliphatic carbocycles. The summed E-state index contributed by atoms with van der Waals surface area (Å²) in [5.41, 5.74) is -1.82. The first kappa shape index (κ1) is 10.8. The Bertz CT molecular complexity index is 470. The van der Waals surface area contributed by atoms with Crippen LogP contribution >= 0.6 is 12.6 Å². The smallest absolute Gasteiger partial charge is 0.248 e. The SMILES string of the molecule is Cn1c(=O)n(C)c(=O)n(CCS)c1=O. The van der Waals surface area contributed by atoms with E-state index in [9.17, 15) is 14.4 Å². The lowest BCUT2D eigenvalue weighted by molar-refractivity contribution is 0.521. The Kier molecular flexibility index (Phi) is 3.00. The zero-order chi connectivity index (χ0) is 10.9. The summed E-state index contributed by atoms with van der Waals surface area (Å²) in [5, 5.41) is 0. The van der Waals surface area contributed by atoms with Crippen molar-refractivity contribution < 1.29 is 0 Å². The minimum atomic E-state index is -0.615. The fraction of sp³-hybridized carbons (Fsp3) is 0.571. The molecule has 1 heterocycles. The predicted molar refractivity (Wildman–Crippen MR) is 55.0 cm³/mol. The molecule has 0 saturated carbocycles. The van der Waals surface area contributed by atoms with Crippen molar-refractivity contribution in [1.29, 1.82) is 0 Å². The summed E-state index contributed by atoms with van der Waals surface area (Å²) in [7, 11) is 2.66. The van der Waals surface area contributed by atoms with Gasteiger partial charge in [0.25, 0.3) is 0 Å². The summed E-state index contributed by atoms with van der Waals surface area (Å²) in [5.74, 6) is 0.368. The number of aromatic nitrogens is 3.